The summed E-state index contributed by atoms with van der Waals surface area (Å²) in [4.78, 5) is 22.5. The standard InChI is InChI=1S/C19H33FN2O3/c1-18(2)12-14(18)13-19(9-7-10-19)22-17(25)21-11-6-4-3-5-8-15(20)16(23)24/h14-15H,3-13H2,1-2H3,(H,23,24)(H2,21,22,25). The molecule has 2 atom stereocenters. The van der Waals surface area contributed by atoms with Crippen LogP contribution in [-0.4, -0.2) is 35.4 Å². The molecule has 0 radical (unpaired) electrons. The van der Waals surface area contributed by atoms with Crippen LogP contribution < -0.4 is 10.6 Å². The monoisotopic (exact) mass is 356 g/mol. The summed E-state index contributed by atoms with van der Waals surface area (Å²) in [7, 11) is 0. The first-order valence-corrected chi connectivity index (χ1v) is 9.67. The number of hydrogen-bond donors (Lipinski definition) is 3. The molecule has 0 saturated heterocycles. The Balaban J connectivity index is 1.53. The molecule has 25 heavy (non-hydrogen) atoms. The number of nitrogens with one attached hydrogen (secondary N) is 2. The number of urea groups is 1. The predicted octanol–water partition coefficient (Wildman–Crippen LogP) is 4.02. The van der Waals surface area contributed by atoms with E-state index >= 15 is 0 Å². The van der Waals surface area contributed by atoms with E-state index in [1.165, 1.54) is 12.8 Å². The molecule has 0 aliphatic heterocycles. The van der Waals surface area contributed by atoms with Crippen molar-refractivity contribution in [3.8, 4) is 0 Å². The maximum Gasteiger partial charge on any atom is 0.338 e. The smallest absolute Gasteiger partial charge is 0.338 e. The topological polar surface area (TPSA) is 78.4 Å². The molecule has 2 aliphatic carbocycles. The number of rotatable bonds is 11. The highest BCUT2D eigenvalue weighted by atomic mass is 19.1. The van der Waals surface area contributed by atoms with Gasteiger partial charge in [-0.15, -0.1) is 0 Å². The minimum absolute atomic E-state index is 0.00942. The third-order valence-electron chi connectivity index (χ3n) is 5.98. The first kappa shape index (κ1) is 20.0. The van der Waals surface area contributed by atoms with Gasteiger partial charge in [-0.2, -0.15) is 0 Å². The van der Waals surface area contributed by atoms with Crippen molar-refractivity contribution in [3.05, 3.63) is 0 Å². The third kappa shape index (κ3) is 6.15. The number of halogens is 1. The molecule has 2 unspecified atom stereocenters. The Kier molecular flexibility index (Phi) is 6.69. The lowest BCUT2D eigenvalue weighted by Crippen LogP contribution is -2.56. The van der Waals surface area contributed by atoms with Gasteiger partial charge in [0.2, 0.25) is 0 Å². The Labute approximate surface area is 150 Å². The Morgan fingerprint density at radius 2 is 1.84 bits per heavy atom. The van der Waals surface area contributed by atoms with Crippen LogP contribution in [0.4, 0.5) is 9.18 Å². The SMILES string of the molecule is CC1(C)CC1CC1(NC(=O)NCCCCCCC(F)C(=O)O)CCC1. The second kappa shape index (κ2) is 8.37. The zero-order valence-electron chi connectivity index (χ0n) is 15.6. The molecule has 2 amide bonds. The normalized spacial score (nSPS) is 24.0. The zero-order chi connectivity index (χ0) is 18.5. The van der Waals surface area contributed by atoms with E-state index < -0.39 is 12.1 Å². The molecular weight excluding hydrogens is 323 g/mol. The molecule has 0 aromatic rings. The van der Waals surface area contributed by atoms with Crippen LogP contribution in [-0.2, 0) is 4.79 Å². The summed E-state index contributed by atoms with van der Waals surface area (Å²) in [5.41, 5.74) is 0.454. The largest absolute Gasteiger partial charge is 0.479 e. The Morgan fingerprint density at radius 1 is 1.20 bits per heavy atom. The number of hydrogen-bond acceptors (Lipinski definition) is 2. The molecule has 2 rings (SSSR count). The van der Waals surface area contributed by atoms with E-state index in [1.54, 1.807) is 0 Å². The van der Waals surface area contributed by atoms with Crippen LogP contribution >= 0.6 is 0 Å². The van der Waals surface area contributed by atoms with Crippen LogP contribution in [0.25, 0.3) is 0 Å². The van der Waals surface area contributed by atoms with Crippen molar-refractivity contribution in [1.82, 2.24) is 10.6 Å². The van der Waals surface area contributed by atoms with Crippen LogP contribution in [0.1, 0.15) is 78.1 Å². The summed E-state index contributed by atoms with van der Waals surface area (Å²) < 4.78 is 12.9. The van der Waals surface area contributed by atoms with Gasteiger partial charge in [0.1, 0.15) is 0 Å². The fourth-order valence-electron chi connectivity index (χ4n) is 3.79. The van der Waals surface area contributed by atoms with Gasteiger partial charge in [-0.25, -0.2) is 14.0 Å². The Hall–Kier alpha value is -1.33. The highest BCUT2D eigenvalue weighted by molar-refractivity contribution is 5.75. The van der Waals surface area contributed by atoms with Crippen LogP contribution in [0.3, 0.4) is 0 Å². The van der Waals surface area contributed by atoms with Gasteiger partial charge in [0, 0.05) is 12.1 Å². The van der Waals surface area contributed by atoms with E-state index in [-0.39, 0.29) is 18.0 Å². The lowest BCUT2D eigenvalue weighted by Gasteiger charge is -2.43. The van der Waals surface area contributed by atoms with Crippen LogP contribution in [0.5, 0.6) is 0 Å². The number of unbranched alkanes of at least 4 members (excludes halogenated alkanes) is 3. The van der Waals surface area contributed by atoms with Crippen molar-refractivity contribution in [2.24, 2.45) is 11.3 Å². The molecule has 0 aromatic carbocycles. The van der Waals surface area contributed by atoms with Gasteiger partial charge in [0.15, 0.2) is 6.17 Å². The fourth-order valence-corrected chi connectivity index (χ4v) is 3.79. The molecule has 2 fully saturated rings. The highest BCUT2D eigenvalue weighted by Crippen LogP contribution is 2.57. The molecule has 6 heteroatoms. The van der Waals surface area contributed by atoms with Crippen molar-refractivity contribution in [3.63, 3.8) is 0 Å². The Bertz CT molecular complexity index is 477. The molecule has 144 valence electrons. The minimum Gasteiger partial charge on any atom is -0.479 e. The first-order valence-electron chi connectivity index (χ1n) is 9.67. The Morgan fingerprint density at radius 3 is 2.36 bits per heavy atom. The molecule has 2 aliphatic rings. The number of carbonyl (C=O) groups excluding carboxylic acids is 1. The van der Waals surface area contributed by atoms with E-state index in [0.717, 1.165) is 44.4 Å². The third-order valence-corrected chi connectivity index (χ3v) is 5.98. The molecule has 2 saturated carbocycles. The second-order valence-electron chi connectivity index (χ2n) is 8.62. The van der Waals surface area contributed by atoms with Gasteiger partial charge in [-0.05, 0) is 62.7 Å². The average molecular weight is 356 g/mol. The van der Waals surface area contributed by atoms with Crippen molar-refractivity contribution >= 4 is 12.0 Å². The molecule has 3 N–H and O–H groups in total. The van der Waals surface area contributed by atoms with Crippen molar-refractivity contribution in [1.29, 1.82) is 0 Å². The number of carboxylic acids is 1. The number of amides is 2. The number of alkyl halides is 1. The summed E-state index contributed by atoms with van der Waals surface area (Å²) in [6.45, 7) is 5.20. The number of carboxylic acid groups (broad SMARTS) is 1. The summed E-state index contributed by atoms with van der Waals surface area (Å²) in [6.07, 6.45) is 7.11. The second-order valence-corrected chi connectivity index (χ2v) is 8.62. The first-order chi connectivity index (χ1) is 11.7. The summed E-state index contributed by atoms with van der Waals surface area (Å²) >= 11 is 0. The van der Waals surface area contributed by atoms with E-state index in [2.05, 4.69) is 24.5 Å². The maximum absolute atomic E-state index is 12.9. The lowest BCUT2D eigenvalue weighted by molar-refractivity contribution is -0.143. The van der Waals surface area contributed by atoms with Crippen LogP contribution in [0, 0.1) is 11.3 Å². The lowest BCUT2D eigenvalue weighted by atomic mass is 9.72. The molecule has 0 aromatic heterocycles. The van der Waals surface area contributed by atoms with Crippen molar-refractivity contribution < 1.29 is 19.1 Å². The van der Waals surface area contributed by atoms with Gasteiger partial charge < -0.3 is 15.7 Å². The molecule has 0 bridgehead atoms. The average Bonchev–Trinajstić information content (AvgIpc) is 3.09. The summed E-state index contributed by atoms with van der Waals surface area (Å²) in [6, 6.07) is -0.0761. The predicted molar refractivity (Wildman–Crippen MR) is 95.2 cm³/mol. The molecule has 0 spiro atoms. The van der Waals surface area contributed by atoms with E-state index in [1.807, 2.05) is 0 Å². The van der Waals surface area contributed by atoms with Gasteiger partial charge >= 0.3 is 12.0 Å². The quantitative estimate of drug-likeness (QED) is 0.489. The zero-order valence-corrected chi connectivity index (χ0v) is 15.6. The van der Waals surface area contributed by atoms with Gasteiger partial charge in [-0.1, -0.05) is 26.7 Å². The van der Waals surface area contributed by atoms with E-state index in [9.17, 15) is 14.0 Å². The fraction of sp³-hybridized carbons (Fsp3) is 0.895. The van der Waals surface area contributed by atoms with Crippen LogP contribution in [0.2, 0.25) is 0 Å². The highest BCUT2D eigenvalue weighted by Gasteiger charge is 2.51. The van der Waals surface area contributed by atoms with Gasteiger partial charge in [0.25, 0.3) is 0 Å². The van der Waals surface area contributed by atoms with Gasteiger partial charge in [0.05, 0.1) is 0 Å². The number of aliphatic carboxylic acids is 1. The molecule has 0 heterocycles. The summed E-state index contributed by atoms with van der Waals surface area (Å²) in [5, 5.41) is 14.6. The number of carbonyl (C=O) groups is 2. The van der Waals surface area contributed by atoms with Crippen molar-refractivity contribution in [2.45, 2.75) is 89.8 Å². The molecule has 5 nitrogen and oxygen atoms in total. The van der Waals surface area contributed by atoms with Crippen molar-refractivity contribution in [2.75, 3.05) is 6.54 Å². The van der Waals surface area contributed by atoms with Gasteiger partial charge in [-0.3, -0.25) is 0 Å². The maximum atomic E-state index is 12.9. The van der Waals surface area contributed by atoms with E-state index in [4.69, 9.17) is 5.11 Å². The van der Waals surface area contributed by atoms with Crippen LogP contribution in [0.15, 0.2) is 0 Å². The minimum atomic E-state index is -1.75. The molecular formula is C19H33FN2O3. The summed E-state index contributed by atoms with van der Waals surface area (Å²) in [5.74, 6) is -0.643. The van der Waals surface area contributed by atoms with E-state index in [0.29, 0.717) is 18.4 Å².